The van der Waals surface area contributed by atoms with E-state index in [-0.39, 0.29) is 22.0 Å². The smallest absolute Gasteiger partial charge is 0.244 e. The molecule has 2 aromatic rings. The first-order chi connectivity index (χ1) is 12.4. The molecule has 0 saturated heterocycles. The molecule has 0 aliphatic carbocycles. The van der Waals surface area contributed by atoms with Gasteiger partial charge in [0, 0.05) is 6.07 Å². The number of aryl methyl sites for hydroxylation is 1. The highest BCUT2D eigenvalue weighted by atomic mass is 32.2. The second-order valence-electron chi connectivity index (χ2n) is 7.93. The van der Waals surface area contributed by atoms with Crippen molar-refractivity contribution in [1.29, 1.82) is 0 Å². The zero-order valence-electron chi connectivity index (χ0n) is 16.5. The van der Waals surface area contributed by atoms with E-state index in [1.807, 2.05) is 0 Å². The maximum atomic E-state index is 12.7. The van der Waals surface area contributed by atoms with Crippen LogP contribution in [0.3, 0.4) is 0 Å². The number of hydrogen-bond acceptors (Lipinski definition) is 5. The minimum Gasteiger partial charge on any atom is -0.360 e. The molecule has 7 nitrogen and oxygen atoms in total. The van der Waals surface area contributed by atoms with Gasteiger partial charge in [-0.2, -0.15) is 4.72 Å². The van der Waals surface area contributed by atoms with Crippen LogP contribution in [-0.4, -0.2) is 25.5 Å². The van der Waals surface area contributed by atoms with E-state index in [1.165, 1.54) is 0 Å². The van der Waals surface area contributed by atoms with Gasteiger partial charge < -0.3 is 9.84 Å². The van der Waals surface area contributed by atoms with Crippen LogP contribution in [0.15, 0.2) is 39.8 Å². The minimum absolute atomic E-state index is 0.0776. The summed E-state index contributed by atoms with van der Waals surface area (Å²) >= 11 is 0. The molecule has 0 unspecified atom stereocenters. The third-order valence-corrected chi connectivity index (χ3v) is 5.60. The fourth-order valence-electron chi connectivity index (χ4n) is 2.49. The number of carbonyl (C=O) groups excluding carboxylic acids is 1. The van der Waals surface area contributed by atoms with Crippen molar-refractivity contribution in [2.45, 2.75) is 57.9 Å². The van der Waals surface area contributed by atoms with E-state index >= 15 is 0 Å². The Hall–Kier alpha value is -2.19. The van der Waals surface area contributed by atoms with Gasteiger partial charge in [-0.3, -0.25) is 4.79 Å². The Morgan fingerprint density at radius 2 is 1.74 bits per heavy atom. The molecule has 0 fully saturated rings. The van der Waals surface area contributed by atoms with Crippen LogP contribution in [0.1, 0.15) is 45.9 Å². The maximum Gasteiger partial charge on any atom is 0.244 e. The number of nitrogens with zero attached hydrogens (tertiary/aromatic N) is 1. The largest absolute Gasteiger partial charge is 0.360 e. The Morgan fingerprint density at radius 3 is 2.19 bits per heavy atom. The van der Waals surface area contributed by atoms with E-state index in [0.717, 1.165) is 5.56 Å². The van der Waals surface area contributed by atoms with Crippen LogP contribution in [0.5, 0.6) is 0 Å². The van der Waals surface area contributed by atoms with Gasteiger partial charge in [0.05, 0.1) is 4.90 Å². The zero-order valence-corrected chi connectivity index (χ0v) is 17.3. The highest BCUT2D eigenvalue weighted by Crippen LogP contribution is 2.23. The number of carbonyl (C=O) groups is 1. The molecule has 1 amide bonds. The molecule has 0 radical (unpaired) electrons. The Balaban J connectivity index is 2.19. The Labute approximate surface area is 160 Å². The van der Waals surface area contributed by atoms with Crippen molar-refractivity contribution in [2.75, 3.05) is 5.32 Å². The van der Waals surface area contributed by atoms with Gasteiger partial charge in [0.15, 0.2) is 5.82 Å². The van der Waals surface area contributed by atoms with E-state index in [0.29, 0.717) is 5.76 Å². The highest BCUT2D eigenvalue weighted by Gasteiger charge is 2.29. The summed E-state index contributed by atoms with van der Waals surface area (Å²) in [6.07, 6.45) is 0. The third kappa shape index (κ3) is 5.40. The van der Waals surface area contributed by atoms with Crippen LogP contribution in [-0.2, 0) is 20.2 Å². The van der Waals surface area contributed by atoms with Crippen LogP contribution in [0.2, 0.25) is 0 Å². The van der Waals surface area contributed by atoms with Gasteiger partial charge in [0.2, 0.25) is 15.9 Å². The average molecular weight is 394 g/mol. The predicted octanol–water partition coefficient (Wildman–Crippen LogP) is 3.22. The summed E-state index contributed by atoms with van der Waals surface area (Å²) in [4.78, 5) is 12.7. The monoisotopic (exact) mass is 393 g/mol. The molecule has 1 heterocycles. The van der Waals surface area contributed by atoms with Crippen molar-refractivity contribution >= 4 is 21.7 Å². The summed E-state index contributed by atoms with van der Waals surface area (Å²) in [6, 6.07) is 7.30. The summed E-state index contributed by atoms with van der Waals surface area (Å²) < 4.78 is 32.9. The molecule has 0 bridgehead atoms. The van der Waals surface area contributed by atoms with Gasteiger partial charge in [0.1, 0.15) is 11.8 Å². The van der Waals surface area contributed by atoms with Crippen molar-refractivity contribution in [3.8, 4) is 0 Å². The Kier molecular flexibility index (Phi) is 6.11. The number of hydrogen-bond donors (Lipinski definition) is 2. The number of rotatable bonds is 6. The van der Waals surface area contributed by atoms with Crippen LogP contribution >= 0.6 is 0 Å². The topological polar surface area (TPSA) is 101 Å². The number of aromatic nitrogens is 1. The zero-order chi connectivity index (χ0) is 20.4. The van der Waals surface area contributed by atoms with E-state index in [9.17, 15) is 13.2 Å². The van der Waals surface area contributed by atoms with Gasteiger partial charge in [-0.05, 0) is 36.0 Å². The first-order valence-corrected chi connectivity index (χ1v) is 10.3. The lowest BCUT2D eigenvalue weighted by Gasteiger charge is -2.22. The Morgan fingerprint density at radius 1 is 1.15 bits per heavy atom. The molecule has 8 heteroatoms. The van der Waals surface area contributed by atoms with Crippen LogP contribution < -0.4 is 10.0 Å². The minimum atomic E-state index is -3.85. The van der Waals surface area contributed by atoms with Gasteiger partial charge in [-0.1, -0.05) is 51.9 Å². The van der Waals surface area contributed by atoms with Crippen molar-refractivity contribution < 1.29 is 17.7 Å². The number of amides is 1. The summed E-state index contributed by atoms with van der Waals surface area (Å²) in [5.74, 6) is 0.0394. The average Bonchev–Trinajstić information content (AvgIpc) is 2.96. The molecule has 2 rings (SSSR count). The first-order valence-electron chi connectivity index (χ1n) is 8.77. The molecule has 1 aromatic heterocycles. The van der Waals surface area contributed by atoms with Gasteiger partial charge in [0.25, 0.3) is 0 Å². The van der Waals surface area contributed by atoms with Gasteiger partial charge in [-0.15, -0.1) is 0 Å². The Bertz CT molecular complexity index is 894. The van der Waals surface area contributed by atoms with Crippen LogP contribution in [0, 0.1) is 12.8 Å². The van der Waals surface area contributed by atoms with Crippen molar-refractivity contribution in [3.05, 3.63) is 41.7 Å². The lowest BCUT2D eigenvalue weighted by Crippen LogP contribution is -2.47. The number of anilines is 1. The molecule has 1 atom stereocenters. The number of benzene rings is 1. The summed E-state index contributed by atoms with van der Waals surface area (Å²) in [7, 11) is -3.85. The lowest BCUT2D eigenvalue weighted by molar-refractivity contribution is -0.118. The molecule has 27 heavy (non-hydrogen) atoms. The molecule has 0 aliphatic heterocycles. The SMILES string of the molecule is Cc1cc(NC(=O)[C@@H](NS(=O)(=O)c2ccc(C(C)(C)C)cc2)C(C)C)no1. The second-order valence-corrected chi connectivity index (χ2v) is 9.64. The summed E-state index contributed by atoms with van der Waals surface area (Å²) in [6.45, 7) is 11.4. The summed E-state index contributed by atoms with van der Waals surface area (Å²) in [5.41, 5.74) is 0.951. The van der Waals surface area contributed by atoms with E-state index in [1.54, 1.807) is 51.1 Å². The third-order valence-electron chi connectivity index (χ3n) is 4.14. The molecular weight excluding hydrogens is 366 g/mol. The van der Waals surface area contributed by atoms with Gasteiger partial charge in [-0.25, -0.2) is 8.42 Å². The van der Waals surface area contributed by atoms with Crippen molar-refractivity contribution in [2.24, 2.45) is 5.92 Å². The second kappa shape index (κ2) is 7.82. The normalized spacial score (nSPS) is 13.6. The molecule has 0 spiro atoms. The highest BCUT2D eigenvalue weighted by molar-refractivity contribution is 7.89. The fraction of sp³-hybridized carbons (Fsp3) is 0.474. The van der Waals surface area contributed by atoms with Crippen molar-refractivity contribution in [1.82, 2.24) is 9.88 Å². The van der Waals surface area contributed by atoms with Crippen LogP contribution in [0.25, 0.3) is 0 Å². The molecular formula is C19H27N3O4S. The summed E-state index contributed by atoms with van der Waals surface area (Å²) in [5, 5.41) is 6.28. The number of nitrogens with one attached hydrogen (secondary N) is 2. The fourth-order valence-corrected chi connectivity index (χ4v) is 3.83. The predicted molar refractivity (Wildman–Crippen MR) is 104 cm³/mol. The molecule has 148 valence electrons. The quantitative estimate of drug-likeness (QED) is 0.785. The molecule has 0 saturated carbocycles. The van der Waals surface area contributed by atoms with E-state index in [2.05, 4.69) is 36.0 Å². The van der Waals surface area contributed by atoms with Crippen molar-refractivity contribution in [3.63, 3.8) is 0 Å². The molecule has 1 aromatic carbocycles. The molecule has 0 aliphatic rings. The lowest BCUT2D eigenvalue weighted by atomic mass is 9.87. The van der Waals surface area contributed by atoms with Crippen LogP contribution in [0.4, 0.5) is 5.82 Å². The van der Waals surface area contributed by atoms with Gasteiger partial charge >= 0.3 is 0 Å². The van der Waals surface area contributed by atoms with E-state index < -0.39 is 22.0 Å². The standard InChI is InChI=1S/C19H27N3O4S/c1-12(2)17(18(23)20-16-11-13(3)26-21-16)22-27(24,25)15-9-7-14(8-10-15)19(4,5)6/h7-12,17,22H,1-6H3,(H,20,21,23)/t17-/m0/s1. The first kappa shape index (κ1) is 21.1. The number of sulfonamides is 1. The maximum absolute atomic E-state index is 12.7. The molecule has 2 N–H and O–H groups in total. The van der Waals surface area contributed by atoms with E-state index in [4.69, 9.17) is 4.52 Å².